The van der Waals surface area contributed by atoms with Gasteiger partial charge in [0.2, 0.25) is 0 Å². The lowest BCUT2D eigenvalue weighted by atomic mass is 9.76. The summed E-state index contributed by atoms with van der Waals surface area (Å²) in [7, 11) is 0. The Hall–Kier alpha value is -4.58. The number of alkyl halides is 6. The van der Waals surface area contributed by atoms with Gasteiger partial charge >= 0.3 is 12.4 Å². The van der Waals surface area contributed by atoms with Crippen molar-refractivity contribution < 1.29 is 31.1 Å². The van der Waals surface area contributed by atoms with Gasteiger partial charge < -0.3 is 5.32 Å². The van der Waals surface area contributed by atoms with Crippen LogP contribution in [-0.2, 0) is 24.3 Å². The molecule has 4 aromatic carbocycles. The summed E-state index contributed by atoms with van der Waals surface area (Å²) in [4.78, 5) is 13.5. The van der Waals surface area contributed by atoms with Crippen molar-refractivity contribution in [1.82, 2.24) is 5.32 Å². The van der Waals surface area contributed by atoms with E-state index in [9.17, 15) is 31.1 Å². The van der Waals surface area contributed by atoms with E-state index in [2.05, 4.69) is 5.32 Å². The van der Waals surface area contributed by atoms with E-state index in [0.717, 1.165) is 36.4 Å². The summed E-state index contributed by atoms with van der Waals surface area (Å²) in [5.74, 6) is -0.745. The highest BCUT2D eigenvalue weighted by Gasteiger charge is 2.41. The van der Waals surface area contributed by atoms with Gasteiger partial charge in [-0.05, 0) is 65.2 Å². The molecule has 0 unspecified atom stereocenters. The maximum atomic E-state index is 13.7. The molecule has 4 aromatic rings. The zero-order valence-corrected chi connectivity index (χ0v) is 20.1. The number of rotatable bonds is 6. The number of halogens is 6. The van der Waals surface area contributed by atoms with Gasteiger partial charge in [0.05, 0.1) is 28.3 Å². The van der Waals surface area contributed by atoms with E-state index >= 15 is 0 Å². The second kappa shape index (κ2) is 10.7. The molecule has 9 heteroatoms. The predicted molar refractivity (Wildman–Crippen MR) is 132 cm³/mol. The van der Waals surface area contributed by atoms with E-state index in [0.29, 0.717) is 5.56 Å². The molecule has 1 N–H and O–H groups in total. The maximum absolute atomic E-state index is 13.7. The molecule has 0 aromatic heterocycles. The van der Waals surface area contributed by atoms with E-state index in [-0.39, 0.29) is 28.7 Å². The Balaban J connectivity index is 1.98. The summed E-state index contributed by atoms with van der Waals surface area (Å²) in [5, 5.41) is 11.8. The maximum Gasteiger partial charge on any atom is 0.416 e. The number of hydrogen-bond acceptors (Lipinski definition) is 2. The quantitative estimate of drug-likeness (QED) is 0.258. The molecule has 0 bridgehead atoms. The van der Waals surface area contributed by atoms with Crippen molar-refractivity contribution in [1.29, 1.82) is 5.26 Å². The Morgan fingerprint density at radius 1 is 0.667 bits per heavy atom. The van der Waals surface area contributed by atoms with Crippen LogP contribution in [0.4, 0.5) is 26.3 Å². The molecule has 0 heterocycles. The van der Waals surface area contributed by atoms with E-state index in [1.54, 1.807) is 30.3 Å². The highest BCUT2D eigenvalue weighted by atomic mass is 19.4. The van der Waals surface area contributed by atoms with Crippen molar-refractivity contribution in [3.8, 4) is 6.07 Å². The standard InChI is InChI=1S/C30H20F6N2O/c31-29(32,33)25-10-4-8-23(16-25)28(18-20-6-2-1-3-7-20,24-9-5-11-26(17-24)30(34,35)36)38-27(39)22-14-12-21(19-37)13-15-22/h1-17H,18H2,(H,38,39). The van der Waals surface area contributed by atoms with Gasteiger partial charge in [-0.15, -0.1) is 0 Å². The van der Waals surface area contributed by atoms with Crippen LogP contribution in [0.25, 0.3) is 0 Å². The molecule has 0 aliphatic rings. The monoisotopic (exact) mass is 538 g/mol. The van der Waals surface area contributed by atoms with Gasteiger partial charge in [0.25, 0.3) is 5.91 Å². The molecule has 3 nitrogen and oxygen atoms in total. The molecular formula is C30H20F6N2O. The lowest BCUT2D eigenvalue weighted by molar-refractivity contribution is -0.138. The largest absolute Gasteiger partial charge is 0.416 e. The number of nitriles is 1. The number of nitrogens with one attached hydrogen (secondary N) is 1. The highest BCUT2D eigenvalue weighted by molar-refractivity contribution is 5.95. The number of benzene rings is 4. The first-order valence-corrected chi connectivity index (χ1v) is 11.6. The first-order chi connectivity index (χ1) is 18.4. The van der Waals surface area contributed by atoms with E-state index in [1.165, 1.54) is 36.4 Å². The van der Waals surface area contributed by atoms with E-state index < -0.39 is 34.9 Å². The second-order valence-corrected chi connectivity index (χ2v) is 8.87. The average Bonchev–Trinajstić information content (AvgIpc) is 2.92. The van der Waals surface area contributed by atoms with Crippen LogP contribution in [0.15, 0.2) is 103 Å². The van der Waals surface area contributed by atoms with Crippen LogP contribution < -0.4 is 5.32 Å². The number of carbonyl (C=O) groups is 1. The molecule has 0 saturated heterocycles. The van der Waals surface area contributed by atoms with Crippen molar-refractivity contribution in [3.05, 3.63) is 142 Å². The average molecular weight is 538 g/mol. The summed E-state index contributed by atoms with van der Waals surface area (Å²) in [5.41, 5.74) is -3.07. The number of nitrogens with zero attached hydrogens (tertiary/aromatic N) is 1. The Morgan fingerprint density at radius 2 is 1.15 bits per heavy atom. The summed E-state index contributed by atoms with van der Waals surface area (Å²) in [6.45, 7) is 0. The van der Waals surface area contributed by atoms with E-state index in [1.807, 2.05) is 6.07 Å². The van der Waals surface area contributed by atoms with Crippen molar-refractivity contribution in [3.63, 3.8) is 0 Å². The van der Waals surface area contributed by atoms with Crippen LogP contribution in [0.1, 0.15) is 43.7 Å². The fraction of sp³-hybridized carbons (Fsp3) is 0.133. The van der Waals surface area contributed by atoms with Crippen LogP contribution in [0.2, 0.25) is 0 Å². The van der Waals surface area contributed by atoms with Gasteiger partial charge in [-0.25, -0.2) is 0 Å². The Morgan fingerprint density at radius 3 is 1.62 bits per heavy atom. The molecule has 0 fully saturated rings. The van der Waals surface area contributed by atoms with Gasteiger partial charge in [-0.2, -0.15) is 31.6 Å². The first-order valence-electron chi connectivity index (χ1n) is 11.6. The third-order valence-electron chi connectivity index (χ3n) is 6.28. The highest BCUT2D eigenvalue weighted by Crippen LogP contribution is 2.40. The van der Waals surface area contributed by atoms with Crippen LogP contribution in [0, 0.1) is 11.3 Å². The van der Waals surface area contributed by atoms with Crippen molar-refractivity contribution in [2.24, 2.45) is 0 Å². The molecule has 0 aliphatic heterocycles. The minimum Gasteiger partial charge on any atom is -0.338 e. The van der Waals surface area contributed by atoms with Gasteiger partial charge in [0, 0.05) is 12.0 Å². The molecule has 0 aliphatic carbocycles. The molecule has 39 heavy (non-hydrogen) atoms. The third kappa shape index (κ3) is 6.12. The summed E-state index contributed by atoms with van der Waals surface area (Å²) in [6.07, 6.45) is -9.63. The van der Waals surface area contributed by atoms with Gasteiger partial charge in [0.15, 0.2) is 0 Å². The number of amides is 1. The fourth-order valence-electron chi connectivity index (χ4n) is 4.35. The first kappa shape index (κ1) is 27.5. The molecule has 0 radical (unpaired) electrons. The van der Waals surface area contributed by atoms with Gasteiger partial charge in [0.1, 0.15) is 0 Å². The van der Waals surface area contributed by atoms with Crippen LogP contribution >= 0.6 is 0 Å². The molecule has 1 amide bonds. The van der Waals surface area contributed by atoms with Crippen molar-refractivity contribution in [2.75, 3.05) is 0 Å². The fourth-order valence-corrected chi connectivity index (χ4v) is 4.35. The Bertz CT molecular complexity index is 1450. The zero-order chi connectivity index (χ0) is 28.3. The Labute approximate surface area is 220 Å². The van der Waals surface area contributed by atoms with Gasteiger partial charge in [-0.3, -0.25) is 4.79 Å². The van der Waals surface area contributed by atoms with E-state index in [4.69, 9.17) is 5.26 Å². The molecule has 198 valence electrons. The minimum absolute atomic E-state index is 0.0532. The molecule has 0 saturated carbocycles. The third-order valence-corrected chi connectivity index (χ3v) is 6.28. The minimum atomic E-state index is -4.74. The van der Waals surface area contributed by atoms with Crippen LogP contribution in [0.3, 0.4) is 0 Å². The summed E-state index contributed by atoms with van der Waals surface area (Å²) in [6, 6.07) is 24.2. The van der Waals surface area contributed by atoms with Crippen molar-refractivity contribution in [2.45, 2.75) is 24.3 Å². The zero-order valence-electron chi connectivity index (χ0n) is 20.1. The number of carbonyl (C=O) groups excluding carboxylic acids is 1. The topological polar surface area (TPSA) is 52.9 Å². The molecule has 4 rings (SSSR count). The Kier molecular flexibility index (Phi) is 7.50. The summed E-state index contributed by atoms with van der Waals surface area (Å²) < 4.78 is 82.5. The second-order valence-electron chi connectivity index (χ2n) is 8.87. The molecule has 0 spiro atoms. The van der Waals surface area contributed by atoms with Crippen LogP contribution in [-0.4, -0.2) is 5.91 Å². The van der Waals surface area contributed by atoms with Crippen molar-refractivity contribution >= 4 is 5.91 Å². The predicted octanol–water partition coefficient (Wildman–Crippen LogP) is 7.51. The number of hydrogen-bond donors (Lipinski definition) is 1. The van der Waals surface area contributed by atoms with Crippen LogP contribution in [0.5, 0.6) is 0 Å². The molecule has 0 atom stereocenters. The smallest absolute Gasteiger partial charge is 0.338 e. The molecular weight excluding hydrogens is 518 g/mol. The normalized spacial score (nSPS) is 12.0. The summed E-state index contributed by atoms with van der Waals surface area (Å²) >= 11 is 0. The van der Waals surface area contributed by atoms with Gasteiger partial charge in [-0.1, -0.05) is 54.6 Å². The SMILES string of the molecule is N#Cc1ccc(C(=O)NC(Cc2ccccc2)(c2cccc(C(F)(F)F)c2)c2cccc(C(F)(F)F)c2)cc1. The lowest BCUT2D eigenvalue weighted by Crippen LogP contribution is -2.49. The lowest BCUT2D eigenvalue weighted by Gasteiger charge is -2.37.